The molecular weight excluding hydrogens is 286 g/mol. The summed E-state index contributed by atoms with van der Waals surface area (Å²) in [4.78, 5) is 21.7. The molecule has 0 aliphatic heterocycles. The topological polar surface area (TPSA) is 78.7 Å². The number of benzene rings is 1. The van der Waals surface area contributed by atoms with Crippen molar-refractivity contribution in [1.82, 2.24) is 0 Å². The average Bonchev–Trinajstić information content (AvgIpc) is 2.52. The second-order valence-corrected chi connectivity index (χ2v) is 5.40. The molecule has 1 aromatic rings. The van der Waals surface area contributed by atoms with Crippen molar-refractivity contribution in [3.05, 3.63) is 46.5 Å². The van der Waals surface area contributed by atoms with Crippen LogP contribution in [0.4, 0.5) is 5.69 Å². The highest BCUT2D eigenvalue weighted by molar-refractivity contribution is 5.71. The number of esters is 1. The first-order valence-corrected chi connectivity index (χ1v) is 7.24. The Balaban J connectivity index is 1.73. The number of carbonyl (C=O) groups is 1. The third-order valence-electron chi connectivity index (χ3n) is 3.78. The molecule has 6 heteroatoms. The van der Waals surface area contributed by atoms with Crippen molar-refractivity contribution in [2.75, 3.05) is 13.2 Å². The molecule has 0 aromatic heterocycles. The van der Waals surface area contributed by atoms with Crippen LogP contribution in [0.2, 0.25) is 0 Å². The Hall–Kier alpha value is -2.37. The molecule has 1 aromatic carbocycles. The van der Waals surface area contributed by atoms with E-state index in [0.29, 0.717) is 24.2 Å². The predicted octanol–water partition coefficient (Wildman–Crippen LogP) is 3.12. The number of nitro groups is 1. The van der Waals surface area contributed by atoms with Gasteiger partial charge in [-0.25, -0.2) is 4.79 Å². The van der Waals surface area contributed by atoms with Crippen LogP contribution in [-0.2, 0) is 9.53 Å². The smallest absolute Gasteiger partial charge is 0.344 e. The predicted molar refractivity (Wildman–Crippen MR) is 80.6 cm³/mol. The molecule has 2 unspecified atom stereocenters. The lowest BCUT2D eigenvalue weighted by atomic mass is 9.85. The lowest BCUT2D eigenvalue weighted by Gasteiger charge is -2.24. The second kappa shape index (κ2) is 7.59. The quantitative estimate of drug-likeness (QED) is 0.349. The number of allylic oxidation sites excluding steroid dienone is 2. The Morgan fingerprint density at radius 1 is 1.27 bits per heavy atom. The van der Waals surface area contributed by atoms with E-state index < -0.39 is 10.9 Å². The first kappa shape index (κ1) is 16.0. The molecule has 2 rings (SSSR count). The molecule has 0 amide bonds. The van der Waals surface area contributed by atoms with Gasteiger partial charge in [0.05, 0.1) is 11.5 Å². The van der Waals surface area contributed by atoms with Gasteiger partial charge in [0.2, 0.25) is 0 Å². The molecule has 6 nitrogen and oxygen atoms in total. The lowest BCUT2D eigenvalue weighted by molar-refractivity contribution is -0.384. The fourth-order valence-electron chi connectivity index (χ4n) is 2.29. The molecule has 0 bridgehead atoms. The van der Waals surface area contributed by atoms with E-state index in [0.717, 1.165) is 12.8 Å². The number of hydrogen-bond acceptors (Lipinski definition) is 5. The van der Waals surface area contributed by atoms with Gasteiger partial charge in [-0.2, -0.15) is 0 Å². The van der Waals surface area contributed by atoms with Crippen molar-refractivity contribution in [3.8, 4) is 5.75 Å². The maximum Gasteiger partial charge on any atom is 0.344 e. The van der Waals surface area contributed by atoms with Gasteiger partial charge < -0.3 is 9.47 Å². The zero-order valence-electron chi connectivity index (χ0n) is 12.4. The number of rotatable bonds is 6. The maximum absolute atomic E-state index is 11.7. The van der Waals surface area contributed by atoms with E-state index in [-0.39, 0.29) is 12.3 Å². The van der Waals surface area contributed by atoms with Gasteiger partial charge in [0.1, 0.15) is 5.75 Å². The first-order chi connectivity index (χ1) is 10.6. The summed E-state index contributed by atoms with van der Waals surface area (Å²) in [6.45, 7) is 2.35. The van der Waals surface area contributed by atoms with Gasteiger partial charge in [0.15, 0.2) is 6.61 Å². The molecule has 22 heavy (non-hydrogen) atoms. The standard InChI is InChI=1S/C16H19NO5/c1-12-4-2-3-5-13(12)10-22-16(18)11-21-15-8-6-14(7-9-15)17(19)20/h2-3,6-9,12-13H,4-5,10-11H2,1H3. The number of ether oxygens (including phenoxy) is 2. The Kier molecular flexibility index (Phi) is 5.52. The van der Waals surface area contributed by atoms with Crippen molar-refractivity contribution in [2.45, 2.75) is 19.8 Å². The fraction of sp³-hybridized carbons (Fsp3) is 0.438. The Morgan fingerprint density at radius 3 is 2.59 bits per heavy atom. The molecule has 0 heterocycles. The summed E-state index contributed by atoms with van der Waals surface area (Å²) in [6, 6.07) is 5.58. The van der Waals surface area contributed by atoms with Crippen molar-refractivity contribution in [1.29, 1.82) is 0 Å². The van der Waals surface area contributed by atoms with Crippen LogP contribution in [0.3, 0.4) is 0 Å². The van der Waals surface area contributed by atoms with E-state index in [1.807, 2.05) is 0 Å². The van der Waals surface area contributed by atoms with E-state index >= 15 is 0 Å². The molecule has 0 N–H and O–H groups in total. The Bertz CT molecular complexity index is 552. The molecule has 0 fully saturated rings. The van der Waals surface area contributed by atoms with Crippen molar-refractivity contribution < 1.29 is 19.2 Å². The number of nitrogens with zero attached hydrogens (tertiary/aromatic N) is 1. The molecular formula is C16H19NO5. The van der Waals surface area contributed by atoms with Gasteiger partial charge in [-0.15, -0.1) is 0 Å². The molecule has 0 radical (unpaired) electrons. The number of non-ortho nitro benzene ring substituents is 1. The molecule has 0 saturated carbocycles. The van der Waals surface area contributed by atoms with Crippen LogP contribution >= 0.6 is 0 Å². The Morgan fingerprint density at radius 2 is 1.95 bits per heavy atom. The van der Waals surface area contributed by atoms with E-state index in [1.54, 1.807) is 0 Å². The minimum Gasteiger partial charge on any atom is -0.482 e. The molecule has 0 saturated heterocycles. The molecule has 118 valence electrons. The highest BCUT2D eigenvalue weighted by atomic mass is 16.6. The lowest BCUT2D eigenvalue weighted by Crippen LogP contribution is -2.24. The normalized spacial score (nSPS) is 20.4. The van der Waals surface area contributed by atoms with E-state index in [9.17, 15) is 14.9 Å². The van der Waals surface area contributed by atoms with Gasteiger partial charge in [0, 0.05) is 12.1 Å². The monoisotopic (exact) mass is 305 g/mol. The second-order valence-electron chi connectivity index (χ2n) is 5.40. The number of nitro benzene ring substituents is 1. The fourth-order valence-corrected chi connectivity index (χ4v) is 2.29. The van der Waals surface area contributed by atoms with E-state index in [1.165, 1.54) is 24.3 Å². The zero-order valence-corrected chi connectivity index (χ0v) is 12.4. The summed E-state index contributed by atoms with van der Waals surface area (Å²) in [5.74, 6) is 0.832. The van der Waals surface area contributed by atoms with Crippen LogP contribution in [-0.4, -0.2) is 24.1 Å². The SMILES string of the molecule is CC1CC=CCC1COC(=O)COc1ccc([N+](=O)[O-])cc1. The van der Waals surface area contributed by atoms with Crippen LogP contribution in [0.5, 0.6) is 5.75 Å². The van der Waals surface area contributed by atoms with Crippen molar-refractivity contribution in [3.63, 3.8) is 0 Å². The third kappa shape index (κ3) is 4.58. The molecule has 1 aliphatic carbocycles. The highest BCUT2D eigenvalue weighted by Gasteiger charge is 2.20. The number of carbonyl (C=O) groups excluding carboxylic acids is 1. The summed E-state index contributed by atoms with van der Waals surface area (Å²) >= 11 is 0. The third-order valence-corrected chi connectivity index (χ3v) is 3.78. The van der Waals surface area contributed by atoms with Gasteiger partial charge in [-0.05, 0) is 36.8 Å². The molecule has 0 spiro atoms. The average molecular weight is 305 g/mol. The van der Waals surface area contributed by atoms with Gasteiger partial charge in [-0.1, -0.05) is 19.1 Å². The van der Waals surface area contributed by atoms with Crippen LogP contribution < -0.4 is 4.74 Å². The largest absolute Gasteiger partial charge is 0.482 e. The Labute approximate surface area is 128 Å². The van der Waals surface area contributed by atoms with Gasteiger partial charge in [-0.3, -0.25) is 10.1 Å². The summed E-state index contributed by atoms with van der Waals surface area (Å²) in [7, 11) is 0. The van der Waals surface area contributed by atoms with E-state index in [4.69, 9.17) is 9.47 Å². The molecule has 1 aliphatic rings. The number of hydrogen-bond donors (Lipinski definition) is 0. The minimum atomic E-state index is -0.488. The van der Waals surface area contributed by atoms with Crippen molar-refractivity contribution in [2.24, 2.45) is 11.8 Å². The summed E-state index contributed by atoms with van der Waals surface area (Å²) in [6.07, 6.45) is 6.21. The zero-order chi connectivity index (χ0) is 15.9. The maximum atomic E-state index is 11.7. The molecule has 2 atom stereocenters. The van der Waals surface area contributed by atoms with Crippen LogP contribution in [0, 0.1) is 22.0 Å². The first-order valence-electron chi connectivity index (χ1n) is 7.24. The highest BCUT2D eigenvalue weighted by Crippen LogP contribution is 2.25. The summed E-state index contributed by atoms with van der Waals surface area (Å²) in [5, 5.41) is 10.5. The summed E-state index contributed by atoms with van der Waals surface area (Å²) < 4.78 is 10.5. The van der Waals surface area contributed by atoms with Crippen molar-refractivity contribution >= 4 is 11.7 Å². The van der Waals surface area contributed by atoms with Gasteiger partial charge in [0.25, 0.3) is 5.69 Å². The van der Waals surface area contributed by atoms with Gasteiger partial charge >= 0.3 is 5.97 Å². The minimum absolute atomic E-state index is 0.0192. The van der Waals surface area contributed by atoms with Crippen LogP contribution in [0.15, 0.2) is 36.4 Å². The summed E-state index contributed by atoms with van der Waals surface area (Å²) in [5.41, 5.74) is -0.0192. The van der Waals surface area contributed by atoms with E-state index in [2.05, 4.69) is 19.1 Å². The van der Waals surface area contributed by atoms with Crippen LogP contribution in [0.1, 0.15) is 19.8 Å². The van der Waals surface area contributed by atoms with Crippen LogP contribution in [0.25, 0.3) is 0 Å².